The van der Waals surface area contributed by atoms with E-state index in [2.05, 4.69) is 25.0 Å². The molecule has 0 aliphatic heterocycles. The Balaban J connectivity index is 2.04. The Morgan fingerprint density at radius 1 is 1.20 bits per heavy atom. The van der Waals surface area contributed by atoms with Gasteiger partial charge >= 0.3 is 0 Å². The molecule has 0 saturated heterocycles. The van der Waals surface area contributed by atoms with Crippen LogP contribution in [0.4, 0.5) is 0 Å². The average Bonchev–Trinajstić information content (AvgIpc) is 3.01. The first kappa shape index (κ1) is 12.5. The minimum atomic E-state index is 0.0938. The predicted molar refractivity (Wildman–Crippen MR) is 71.7 cm³/mol. The standard InChI is InChI=1S/C12H9ClN6O/c1-20-9-4-3-8(7-14-9)10-16-11(13)18-12(17-10)19-6-2-5-15-19/h2-7H,1H3. The van der Waals surface area contributed by atoms with Crippen LogP contribution in [0.2, 0.25) is 5.28 Å². The summed E-state index contributed by atoms with van der Waals surface area (Å²) in [6, 6.07) is 5.29. The van der Waals surface area contributed by atoms with Gasteiger partial charge in [-0.05, 0) is 23.7 Å². The second kappa shape index (κ2) is 5.22. The minimum Gasteiger partial charge on any atom is -0.481 e. The van der Waals surface area contributed by atoms with Crippen LogP contribution in [0.5, 0.6) is 5.88 Å². The molecule has 20 heavy (non-hydrogen) atoms. The number of aromatic nitrogens is 6. The zero-order valence-electron chi connectivity index (χ0n) is 10.4. The number of methoxy groups -OCH3 is 1. The second-order valence-electron chi connectivity index (χ2n) is 3.77. The van der Waals surface area contributed by atoms with Crippen LogP contribution in [0.25, 0.3) is 17.3 Å². The van der Waals surface area contributed by atoms with Crippen molar-refractivity contribution in [1.82, 2.24) is 29.7 Å². The topological polar surface area (TPSA) is 78.6 Å². The Morgan fingerprint density at radius 3 is 2.75 bits per heavy atom. The first-order valence-electron chi connectivity index (χ1n) is 5.68. The first-order valence-corrected chi connectivity index (χ1v) is 6.06. The number of rotatable bonds is 3. The fourth-order valence-corrected chi connectivity index (χ4v) is 1.75. The zero-order valence-corrected chi connectivity index (χ0v) is 11.2. The Labute approximate surface area is 119 Å². The third-order valence-corrected chi connectivity index (χ3v) is 2.68. The molecule has 3 aromatic heterocycles. The van der Waals surface area contributed by atoms with E-state index in [-0.39, 0.29) is 5.28 Å². The molecule has 3 rings (SSSR count). The fourth-order valence-electron chi connectivity index (χ4n) is 1.59. The van der Waals surface area contributed by atoms with Crippen molar-refractivity contribution in [1.29, 1.82) is 0 Å². The van der Waals surface area contributed by atoms with Crippen molar-refractivity contribution in [2.24, 2.45) is 0 Å². The maximum atomic E-state index is 5.93. The van der Waals surface area contributed by atoms with Gasteiger partial charge in [-0.1, -0.05) is 0 Å². The molecule has 0 fully saturated rings. The Kier molecular flexibility index (Phi) is 3.26. The number of hydrogen-bond acceptors (Lipinski definition) is 6. The van der Waals surface area contributed by atoms with Gasteiger partial charge in [0.2, 0.25) is 11.2 Å². The number of hydrogen-bond donors (Lipinski definition) is 0. The molecule has 0 radical (unpaired) electrons. The molecule has 0 saturated carbocycles. The molecule has 0 spiro atoms. The van der Waals surface area contributed by atoms with Crippen molar-refractivity contribution < 1.29 is 4.74 Å². The van der Waals surface area contributed by atoms with E-state index in [0.717, 1.165) is 0 Å². The van der Waals surface area contributed by atoms with E-state index in [1.807, 2.05) is 0 Å². The molecule has 3 aromatic rings. The van der Waals surface area contributed by atoms with Gasteiger partial charge in [0.15, 0.2) is 5.82 Å². The van der Waals surface area contributed by atoms with Gasteiger partial charge in [0.25, 0.3) is 5.95 Å². The molecule has 0 atom stereocenters. The van der Waals surface area contributed by atoms with Crippen molar-refractivity contribution in [2.45, 2.75) is 0 Å². The summed E-state index contributed by atoms with van der Waals surface area (Å²) in [5.74, 6) is 1.28. The summed E-state index contributed by atoms with van der Waals surface area (Å²) in [5.41, 5.74) is 0.712. The molecule has 0 N–H and O–H groups in total. The largest absolute Gasteiger partial charge is 0.481 e. The summed E-state index contributed by atoms with van der Waals surface area (Å²) < 4.78 is 6.51. The quantitative estimate of drug-likeness (QED) is 0.731. The summed E-state index contributed by atoms with van der Waals surface area (Å²) in [6.07, 6.45) is 4.96. The summed E-state index contributed by atoms with van der Waals surface area (Å²) in [4.78, 5) is 16.5. The van der Waals surface area contributed by atoms with Crippen molar-refractivity contribution >= 4 is 11.6 Å². The van der Waals surface area contributed by atoms with Gasteiger partial charge < -0.3 is 4.74 Å². The van der Waals surface area contributed by atoms with Crippen LogP contribution in [-0.4, -0.2) is 36.8 Å². The molecule has 0 aliphatic carbocycles. The molecule has 8 heteroatoms. The average molecular weight is 289 g/mol. The van der Waals surface area contributed by atoms with Gasteiger partial charge in [-0.3, -0.25) is 0 Å². The smallest absolute Gasteiger partial charge is 0.255 e. The van der Waals surface area contributed by atoms with E-state index >= 15 is 0 Å². The molecule has 0 aromatic carbocycles. The highest BCUT2D eigenvalue weighted by atomic mass is 35.5. The highest BCUT2D eigenvalue weighted by Gasteiger charge is 2.09. The van der Waals surface area contributed by atoms with E-state index in [0.29, 0.717) is 23.2 Å². The lowest BCUT2D eigenvalue weighted by atomic mass is 10.3. The van der Waals surface area contributed by atoms with E-state index < -0.39 is 0 Å². The van der Waals surface area contributed by atoms with Gasteiger partial charge in [-0.25, -0.2) is 9.67 Å². The number of ether oxygens (including phenoxy) is 1. The van der Waals surface area contributed by atoms with E-state index in [9.17, 15) is 0 Å². The molecule has 0 amide bonds. The monoisotopic (exact) mass is 288 g/mol. The van der Waals surface area contributed by atoms with E-state index in [1.54, 1.807) is 43.9 Å². The lowest BCUT2D eigenvalue weighted by molar-refractivity contribution is 0.398. The molecule has 0 unspecified atom stereocenters. The van der Waals surface area contributed by atoms with Gasteiger partial charge in [-0.15, -0.1) is 0 Å². The maximum absolute atomic E-state index is 5.93. The van der Waals surface area contributed by atoms with Crippen LogP contribution >= 0.6 is 11.6 Å². The molecule has 0 bridgehead atoms. The van der Waals surface area contributed by atoms with Crippen molar-refractivity contribution in [2.75, 3.05) is 7.11 Å². The van der Waals surface area contributed by atoms with Gasteiger partial charge in [0.05, 0.1) is 7.11 Å². The van der Waals surface area contributed by atoms with Gasteiger partial charge in [0, 0.05) is 30.2 Å². The second-order valence-corrected chi connectivity index (χ2v) is 4.11. The number of halogens is 1. The Hall–Kier alpha value is -2.54. The molecule has 3 heterocycles. The van der Waals surface area contributed by atoms with Crippen LogP contribution in [0.15, 0.2) is 36.8 Å². The van der Waals surface area contributed by atoms with Crippen molar-refractivity contribution in [3.05, 3.63) is 42.1 Å². The van der Waals surface area contributed by atoms with E-state index in [1.165, 1.54) is 4.68 Å². The van der Waals surface area contributed by atoms with Crippen LogP contribution in [0.3, 0.4) is 0 Å². The van der Waals surface area contributed by atoms with Crippen LogP contribution in [-0.2, 0) is 0 Å². The summed E-state index contributed by atoms with van der Waals surface area (Å²) in [6.45, 7) is 0. The highest BCUT2D eigenvalue weighted by molar-refractivity contribution is 6.28. The Morgan fingerprint density at radius 2 is 2.10 bits per heavy atom. The van der Waals surface area contributed by atoms with Crippen LogP contribution < -0.4 is 4.74 Å². The lowest BCUT2D eigenvalue weighted by Crippen LogP contribution is -2.05. The molecular formula is C12H9ClN6O. The molecular weight excluding hydrogens is 280 g/mol. The summed E-state index contributed by atoms with van der Waals surface area (Å²) >= 11 is 5.93. The van der Waals surface area contributed by atoms with Gasteiger partial charge in [0.1, 0.15) is 0 Å². The van der Waals surface area contributed by atoms with Crippen LogP contribution in [0, 0.1) is 0 Å². The highest BCUT2D eigenvalue weighted by Crippen LogP contribution is 2.18. The third kappa shape index (κ3) is 2.43. The van der Waals surface area contributed by atoms with Crippen molar-refractivity contribution in [3.8, 4) is 23.2 Å². The number of pyridine rings is 1. The summed E-state index contributed by atoms with van der Waals surface area (Å²) in [5, 5.41) is 4.15. The predicted octanol–water partition coefficient (Wildman–Crippen LogP) is 1.78. The summed E-state index contributed by atoms with van der Waals surface area (Å²) in [7, 11) is 1.55. The lowest BCUT2D eigenvalue weighted by Gasteiger charge is -2.04. The Bertz CT molecular complexity index is 713. The zero-order chi connectivity index (χ0) is 13.9. The maximum Gasteiger partial charge on any atom is 0.255 e. The normalized spacial score (nSPS) is 10.5. The first-order chi connectivity index (χ1) is 9.76. The third-order valence-electron chi connectivity index (χ3n) is 2.51. The van der Waals surface area contributed by atoms with Gasteiger partial charge in [-0.2, -0.15) is 20.1 Å². The molecule has 7 nitrogen and oxygen atoms in total. The van der Waals surface area contributed by atoms with Crippen molar-refractivity contribution in [3.63, 3.8) is 0 Å². The number of nitrogens with zero attached hydrogens (tertiary/aromatic N) is 6. The fraction of sp³-hybridized carbons (Fsp3) is 0.0833. The van der Waals surface area contributed by atoms with Crippen LogP contribution in [0.1, 0.15) is 0 Å². The van der Waals surface area contributed by atoms with E-state index in [4.69, 9.17) is 16.3 Å². The molecule has 0 aliphatic rings. The SMILES string of the molecule is COc1ccc(-c2nc(Cl)nc(-n3cccn3)n2)cn1. The minimum absolute atomic E-state index is 0.0938. The molecule has 100 valence electrons.